The third-order valence-electron chi connectivity index (χ3n) is 3.25. The van der Waals surface area contributed by atoms with Gasteiger partial charge in [0.25, 0.3) is 11.4 Å². The number of hydrogen-bond donors (Lipinski definition) is 1. The van der Waals surface area contributed by atoms with Crippen molar-refractivity contribution < 1.29 is 9.85 Å². The molecule has 0 atom stereocenters. The van der Waals surface area contributed by atoms with Crippen LogP contribution in [-0.2, 0) is 0 Å². The highest BCUT2D eigenvalue weighted by atomic mass is 16.6. The summed E-state index contributed by atoms with van der Waals surface area (Å²) >= 11 is 0. The van der Waals surface area contributed by atoms with Crippen molar-refractivity contribution in [3.63, 3.8) is 0 Å². The molecular weight excluding hydrogens is 312 g/mol. The van der Waals surface area contributed by atoms with Crippen LogP contribution in [-0.4, -0.2) is 15.6 Å². The van der Waals surface area contributed by atoms with Crippen molar-refractivity contribution in [2.75, 3.05) is 5.43 Å². The Kier molecular flexibility index (Phi) is 5.56. The van der Waals surface area contributed by atoms with Crippen LogP contribution in [0, 0.1) is 20.2 Å². The molecule has 2 aromatic carbocycles. The molecule has 0 aliphatic heterocycles. The van der Waals surface area contributed by atoms with Crippen LogP contribution in [0.4, 0.5) is 17.1 Å². The molecule has 8 heteroatoms. The molecule has 0 fully saturated rings. The number of nitrogens with zero attached hydrogens (tertiary/aromatic N) is 3. The number of nitrogens with one attached hydrogen (secondary N) is 1. The van der Waals surface area contributed by atoms with Gasteiger partial charge in [-0.25, -0.2) is 0 Å². The van der Waals surface area contributed by atoms with E-state index < -0.39 is 9.85 Å². The van der Waals surface area contributed by atoms with Crippen molar-refractivity contribution in [3.8, 4) is 0 Å². The molecule has 2 rings (SSSR count). The molecule has 0 spiro atoms. The van der Waals surface area contributed by atoms with Gasteiger partial charge in [-0.05, 0) is 12.5 Å². The smallest absolute Gasteiger partial charge is 0.271 e. The fourth-order valence-corrected chi connectivity index (χ4v) is 2.12. The minimum absolute atomic E-state index is 0.00773. The number of non-ortho nitro benzene ring substituents is 2. The van der Waals surface area contributed by atoms with Gasteiger partial charge in [0.2, 0.25) is 0 Å². The molecule has 0 radical (unpaired) electrons. The Balaban J connectivity index is 2.28. The molecule has 2 aromatic rings. The first kappa shape index (κ1) is 17.1. The zero-order valence-corrected chi connectivity index (χ0v) is 13.0. The van der Waals surface area contributed by atoms with Crippen LogP contribution in [0.25, 0.3) is 0 Å². The normalized spacial score (nSPS) is 11.1. The van der Waals surface area contributed by atoms with E-state index in [2.05, 4.69) is 10.5 Å². The topological polar surface area (TPSA) is 111 Å². The maximum absolute atomic E-state index is 10.9. The average molecular weight is 328 g/mol. The van der Waals surface area contributed by atoms with Gasteiger partial charge in [0.05, 0.1) is 21.2 Å². The first-order valence-electron chi connectivity index (χ1n) is 7.33. The van der Waals surface area contributed by atoms with Gasteiger partial charge in [0.1, 0.15) is 0 Å². The molecule has 0 aromatic heterocycles. The third kappa shape index (κ3) is 4.35. The first-order valence-corrected chi connectivity index (χ1v) is 7.33. The number of nitro benzene ring substituents is 2. The quantitative estimate of drug-likeness (QED) is 0.467. The van der Waals surface area contributed by atoms with E-state index in [-0.39, 0.29) is 11.4 Å². The Morgan fingerprint density at radius 3 is 2.29 bits per heavy atom. The second-order valence-corrected chi connectivity index (χ2v) is 5.04. The van der Waals surface area contributed by atoms with Gasteiger partial charge in [0.15, 0.2) is 0 Å². The number of nitro groups is 2. The zero-order chi connectivity index (χ0) is 17.5. The Bertz CT molecular complexity index is 789. The molecule has 0 heterocycles. The fourth-order valence-electron chi connectivity index (χ4n) is 2.12. The monoisotopic (exact) mass is 328 g/mol. The summed E-state index contributed by atoms with van der Waals surface area (Å²) < 4.78 is 0. The molecule has 0 unspecified atom stereocenters. The van der Waals surface area contributed by atoms with Crippen LogP contribution in [0.5, 0.6) is 0 Å². The summed E-state index contributed by atoms with van der Waals surface area (Å²) in [6.07, 6.45) is 1.42. The first-order chi connectivity index (χ1) is 11.5. The van der Waals surface area contributed by atoms with Crippen LogP contribution < -0.4 is 5.43 Å². The summed E-state index contributed by atoms with van der Waals surface area (Å²) in [5.74, 6) is 0. The average Bonchev–Trinajstić information content (AvgIpc) is 2.59. The molecule has 1 N–H and O–H groups in total. The van der Waals surface area contributed by atoms with E-state index in [4.69, 9.17) is 0 Å². The van der Waals surface area contributed by atoms with Gasteiger partial charge in [-0.15, -0.1) is 0 Å². The molecule has 0 aliphatic carbocycles. The van der Waals surface area contributed by atoms with E-state index in [0.717, 1.165) is 6.42 Å². The lowest BCUT2D eigenvalue weighted by molar-refractivity contribution is -0.385. The number of anilines is 1. The van der Waals surface area contributed by atoms with Gasteiger partial charge >= 0.3 is 0 Å². The number of rotatable bonds is 7. The molecule has 0 saturated carbocycles. The Morgan fingerprint density at radius 2 is 1.67 bits per heavy atom. The minimum Gasteiger partial charge on any atom is -0.278 e. The summed E-state index contributed by atoms with van der Waals surface area (Å²) in [6.45, 7) is 1.97. The van der Waals surface area contributed by atoms with E-state index in [9.17, 15) is 20.2 Å². The van der Waals surface area contributed by atoms with Gasteiger partial charge < -0.3 is 0 Å². The van der Waals surface area contributed by atoms with E-state index in [1.807, 2.05) is 6.92 Å². The van der Waals surface area contributed by atoms with Crippen LogP contribution in [0.1, 0.15) is 25.3 Å². The van der Waals surface area contributed by atoms with Gasteiger partial charge in [-0.1, -0.05) is 31.5 Å². The summed E-state index contributed by atoms with van der Waals surface area (Å²) in [7, 11) is 0. The molecule has 8 nitrogen and oxygen atoms in total. The second kappa shape index (κ2) is 7.82. The lowest BCUT2D eigenvalue weighted by Crippen LogP contribution is -2.05. The summed E-state index contributed by atoms with van der Waals surface area (Å²) in [4.78, 5) is 20.8. The van der Waals surface area contributed by atoms with Gasteiger partial charge in [-0.2, -0.15) is 5.10 Å². The molecule has 24 heavy (non-hydrogen) atoms. The van der Waals surface area contributed by atoms with Crippen LogP contribution in [0.3, 0.4) is 0 Å². The summed E-state index contributed by atoms with van der Waals surface area (Å²) in [6, 6.07) is 12.2. The number of benzene rings is 2. The largest absolute Gasteiger partial charge is 0.278 e. The van der Waals surface area contributed by atoms with E-state index in [1.54, 1.807) is 24.3 Å². The Morgan fingerprint density at radius 1 is 1.04 bits per heavy atom. The minimum atomic E-state index is -0.484. The van der Waals surface area contributed by atoms with Crippen molar-refractivity contribution in [1.29, 1.82) is 0 Å². The van der Waals surface area contributed by atoms with Crippen LogP contribution >= 0.6 is 0 Å². The Labute approximate surface area is 138 Å². The van der Waals surface area contributed by atoms with Crippen molar-refractivity contribution in [2.24, 2.45) is 5.10 Å². The van der Waals surface area contributed by atoms with Crippen molar-refractivity contribution >= 4 is 22.8 Å². The van der Waals surface area contributed by atoms with Crippen LogP contribution in [0.15, 0.2) is 53.6 Å². The van der Waals surface area contributed by atoms with Gasteiger partial charge in [0, 0.05) is 29.8 Å². The molecule has 0 amide bonds. The SMILES string of the molecule is CCC/C(=N/Nc1cccc([N+](=O)[O-])c1)c1cccc([N+](=O)[O-])c1. The molecule has 0 bridgehead atoms. The summed E-state index contributed by atoms with van der Waals surface area (Å²) in [5.41, 5.74) is 4.50. The lowest BCUT2D eigenvalue weighted by Gasteiger charge is -2.07. The van der Waals surface area contributed by atoms with Crippen molar-refractivity contribution in [2.45, 2.75) is 19.8 Å². The van der Waals surface area contributed by atoms with Crippen molar-refractivity contribution in [3.05, 3.63) is 74.3 Å². The van der Waals surface area contributed by atoms with Crippen molar-refractivity contribution in [1.82, 2.24) is 0 Å². The van der Waals surface area contributed by atoms with Gasteiger partial charge in [-0.3, -0.25) is 25.7 Å². The maximum atomic E-state index is 10.9. The standard InChI is InChI=1S/C16H16N4O4/c1-2-5-16(12-6-3-8-14(10-12)19(21)22)18-17-13-7-4-9-15(11-13)20(23)24/h3-4,6-11,17H,2,5H2,1H3/b18-16-. The molecule has 0 aliphatic rings. The molecule has 0 saturated heterocycles. The Hall–Kier alpha value is -3.29. The van der Waals surface area contributed by atoms with Crippen LogP contribution in [0.2, 0.25) is 0 Å². The predicted molar refractivity (Wildman–Crippen MR) is 91.3 cm³/mol. The third-order valence-corrected chi connectivity index (χ3v) is 3.25. The highest BCUT2D eigenvalue weighted by molar-refractivity contribution is 6.01. The predicted octanol–water partition coefficient (Wildman–Crippen LogP) is 4.12. The molecular formula is C16H16N4O4. The molecule has 124 valence electrons. The highest BCUT2D eigenvalue weighted by Gasteiger charge is 2.10. The highest BCUT2D eigenvalue weighted by Crippen LogP contribution is 2.19. The van der Waals surface area contributed by atoms with E-state index >= 15 is 0 Å². The second-order valence-electron chi connectivity index (χ2n) is 5.04. The zero-order valence-electron chi connectivity index (χ0n) is 13.0. The maximum Gasteiger partial charge on any atom is 0.271 e. The summed E-state index contributed by atoms with van der Waals surface area (Å²) in [5, 5.41) is 26.0. The van der Waals surface area contributed by atoms with E-state index in [0.29, 0.717) is 23.4 Å². The lowest BCUT2D eigenvalue weighted by atomic mass is 10.1. The fraction of sp³-hybridized carbons (Fsp3) is 0.188. The van der Waals surface area contributed by atoms with E-state index in [1.165, 1.54) is 24.3 Å². The number of hydrazone groups is 1. The number of hydrogen-bond acceptors (Lipinski definition) is 6.